The van der Waals surface area contributed by atoms with E-state index < -0.39 is 5.91 Å². The number of nitrogens with one attached hydrogen (secondary N) is 1. The lowest BCUT2D eigenvalue weighted by atomic mass is 9.98. The highest BCUT2D eigenvalue weighted by atomic mass is 16.2. The lowest BCUT2D eigenvalue weighted by Gasteiger charge is -2.22. The number of hydrogen-bond acceptors (Lipinski definition) is 2. The van der Waals surface area contributed by atoms with Crippen LogP contribution >= 0.6 is 0 Å². The lowest BCUT2D eigenvalue weighted by Crippen LogP contribution is -2.27. The monoisotopic (exact) mass is 422 g/mol. The number of aryl methyl sites for hydroxylation is 3. The van der Waals surface area contributed by atoms with E-state index in [0.717, 1.165) is 22.4 Å². The van der Waals surface area contributed by atoms with Crippen LogP contribution in [0.4, 0.5) is 5.69 Å². The number of rotatable bonds is 5. The quantitative estimate of drug-likeness (QED) is 0.446. The fraction of sp³-hybridized carbons (Fsp3) is 0.143. The van der Waals surface area contributed by atoms with Crippen molar-refractivity contribution in [2.24, 2.45) is 0 Å². The third-order valence-electron chi connectivity index (χ3n) is 5.64. The van der Waals surface area contributed by atoms with Crippen LogP contribution in [0.1, 0.15) is 32.7 Å². The molecule has 0 aliphatic rings. The zero-order chi connectivity index (χ0) is 22.7. The maximum atomic E-state index is 13.4. The molecule has 4 nitrogen and oxygen atoms in total. The molecule has 32 heavy (non-hydrogen) atoms. The van der Waals surface area contributed by atoms with Crippen molar-refractivity contribution in [1.29, 1.82) is 0 Å². The van der Waals surface area contributed by atoms with E-state index in [4.69, 9.17) is 0 Å². The molecule has 4 aromatic rings. The van der Waals surface area contributed by atoms with Crippen molar-refractivity contribution in [3.63, 3.8) is 0 Å². The zero-order valence-corrected chi connectivity index (χ0v) is 18.6. The molecule has 4 rings (SSSR count). The van der Waals surface area contributed by atoms with Crippen LogP contribution < -0.4 is 10.7 Å². The molecule has 0 bridgehead atoms. The first-order valence-electron chi connectivity index (χ1n) is 10.7. The molecule has 0 aliphatic carbocycles. The maximum Gasteiger partial charge on any atom is 0.261 e. The van der Waals surface area contributed by atoms with Crippen LogP contribution in [-0.4, -0.2) is 10.5 Å². The third-order valence-corrected chi connectivity index (χ3v) is 5.64. The fourth-order valence-electron chi connectivity index (χ4n) is 3.90. The first-order valence-corrected chi connectivity index (χ1v) is 10.7. The second-order valence-corrected chi connectivity index (χ2v) is 8.08. The van der Waals surface area contributed by atoms with Gasteiger partial charge in [-0.1, -0.05) is 72.3 Å². The summed E-state index contributed by atoms with van der Waals surface area (Å²) < 4.78 is 2.06. The van der Waals surface area contributed by atoms with Crippen LogP contribution in [0.25, 0.3) is 11.3 Å². The number of para-hydroxylation sites is 1. The minimum atomic E-state index is -0.405. The highest BCUT2D eigenvalue weighted by Gasteiger charge is 2.23. The number of nitrogens with zero attached hydrogens (tertiary/aromatic N) is 1. The summed E-state index contributed by atoms with van der Waals surface area (Å²) in [6.07, 6.45) is 0. The van der Waals surface area contributed by atoms with Crippen molar-refractivity contribution >= 4 is 11.6 Å². The highest BCUT2D eigenvalue weighted by molar-refractivity contribution is 6.08. The molecule has 1 amide bonds. The van der Waals surface area contributed by atoms with E-state index in [-0.39, 0.29) is 11.0 Å². The van der Waals surface area contributed by atoms with Gasteiger partial charge < -0.3 is 9.88 Å². The number of carbonyl (C=O) groups is 1. The minimum Gasteiger partial charge on any atom is -0.340 e. The highest BCUT2D eigenvalue weighted by Crippen LogP contribution is 2.28. The number of amides is 1. The van der Waals surface area contributed by atoms with Crippen molar-refractivity contribution in [2.75, 3.05) is 5.32 Å². The standard InChI is InChI=1S/C28H26N2O2/c1-19-13-15-22(16-14-19)18-30-21(3)17-25(31)26(27(30)24-12-8-7-9-20(24)2)28(32)29-23-10-5-4-6-11-23/h4-17H,18H2,1-3H3,(H,29,32). The topological polar surface area (TPSA) is 51.1 Å². The van der Waals surface area contributed by atoms with Gasteiger partial charge in [0.15, 0.2) is 5.43 Å². The Kier molecular flexibility index (Phi) is 6.04. The molecule has 1 aromatic heterocycles. The van der Waals surface area contributed by atoms with Crippen molar-refractivity contribution in [1.82, 2.24) is 4.57 Å². The Labute approximate surface area is 188 Å². The van der Waals surface area contributed by atoms with E-state index in [1.165, 1.54) is 5.56 Å². The molecule has 1 heterocycles. The third kappa shape index (κ3) is 4.40. The molecule has 0 radical (unpaired) electrons. The molecule has 1 N–H and O–H groups in total. The Morgan fingerprint density at radius 1 is 0.844 bits per heavy atom. The summed E-state index contributed by atoms with van der Waals surface area (Å²) in [5.74, 6) is -0.405. The van der Waals surface area contributed by atoms with E-state index in [9.17, 15) is 9.59 Å². The van der Waals surface area contributed by atoms with Crippen LogP contribution in [0, 0.1) is 20.8 Å². The number of pyridine rings is 1. The van der Waals surface area contributed by atoms with Crippen LogP contribution in [0.5, 0.6) is 0 Å². The molecule has 0 saturated carbocycles. The first kappa shape index (κ1) is 21.3. The molecule has 0 spiro atoms. The van der Waals surface area contributed by atoms with Gasteiger partial charge in [-0.05, 0) is 44.0 Å². The zero-order valence-electron chi connectivity index (χ0n) is 18.6. The van der Waals surface area contributed by atoms with Crippen LogP contribution in [0.15, 0.2) is 89.7 Å². The van der Waals surface area contributed by atoms with Gasteiger partial charge in [-0.2, -0.15) is 0 Å². The van der Waals surface area contributed by atoms with Crippen LogP contribution in [0.2, 0.25) is 0 Å². The van der Waals surface area contributed by atoms with Crippen LogP contribution in [-0.2, 0) is 6.54 Å². The van der Waals surface area contributed by atoms with Crippen molar-refractivity contribution in [2.45, 2.75) is 27.3 Å². The second-order valence-electron chi connectivity index (χ2n) is 8.08. The van der Waals surface area contributed by atoms with E-state index in [2.05, 4.69) is 41.1 Å². The number of anilines is 1. The predicted molar refractivity (Wildman–Crippen MR) is 130 cm³/mol. The number of aromatic nitrogens is 1. The summed E-state index contributed by atoms with van der Waals surface area (Å²) in [5, 5.41) is 2.89. The molecule has 3 aromatic carbocycles. The first-order chi connectivity index (χ1) is 15.4. The SMILES string of the molecule is Cc1ccc(Cn2c(C)cc(=O)c(C(=O)Nc3ccccc3)c2-c2ccccc2C)cc1. The van der Waals surface area contributed by atoms with Gasteiger partial charge >= 0.3 is 0 Å². The van der Waals surface area contributed by atoms with Gasteiger partial charge in [0.25, 0.3) is 5.91 Å². The normalized spacial score (nSPS) is 10.7. The Bertz CT molecular complexity index is 1320. The van der Waals surface area contributed by atoms with Gasteiger partial charge in [-0.15, -0.1) is 0 Å². The molecular formula is C28H26N2O2. The van der Waals surface area contributed by atoms with Crippen molar-refractivity contribution < 1.29 is 4.79 Å². The fourth-order valence-corrected chi connectivity index (χ4v) is 3.90. The maximum absolute atomic E-state index is 13.4. The molecule has 160 valence electrons. The van der Waals surface area contributed by atoms with E-state index >= 15 is 0 Å². The largest absolute Gasteiger partial charge is 0.340 e. The average molecular weight is 423 g/mol. The molecule has 0 fully saturated rings. The van der Waals surface area contributed by atoms with Gasteiger partial charge in [0.1, 0.15) is 5.56 Å². The van der Waals surface area contributed by atoms with Crippen molar-refractivity contribution in [3.8, 4) is 11.3 Å². The van der Waals surface area contributed by atoms with E-state index in [0.29, 0.717) is 17.9 Å². The second kappa shape index (κ2) is 9.06. The van der Waals surface area contributed by atoms with Crippen molar-refractivity contribution in [3.05, 3.63) is 123 Å². The summed E-state index contributed by atoms with van der Waals surface area (Å²) in [4.78, 5) is 26.5. The number of hydrogen-bond donors (Lipinski definition) is 1. The van der Waals surface area contributed by atoms with Crippen LogP contribution in [0.3, 0.4) is 0 Å². The van der Waals surface area contributed by atoms with Gasteiger partial charge in [0, 0.05) is 29.6 Å². The van der Waals surface area contributed by atoms with E-state index in [1.807, 2.05) is 68.4 Å². The number of benzene rings is 3. The summed E-state index contributed by atoms with van der Waals surface area (Å²) in [5.41, 5.74) is 6.14. The molecule has 4 heteroatoms. The molecular weight excluding hydrogens is 396 g/mol. The average Bonchev–Trinajstić information content (AvgIpc) is 2.78. The smallest absolute Gasteiger partial charge is 0.261 e. The summed E-state index contributed by atoms with van der Waals surface area (Å²) in [6, 6.07) is 26.9. The summed E-state index contributed by atoms with van der Waals surface area (Å²) in [6.45, 7) is 6.52. The molecule has 0 saturated heterocycles. The molecule has 0 atom stereocenters. The van der Waals surface area contributed by atoms with Gasteiger partial charge in [-0.25, -0.2) is 0 Å². The summed E-state index contributed by atoms with van der Waals surface area (Å²) in [7, 11) is 0. The Morgan fingerprint density at radius 2 is 1.50 bits per heavy atom. The van der Waals surface area contributed by atoms with E-state index in [1.54, 1.807) is 6.07 Å². The Morgan fingerprint density at radius 3 is 2.19 bits per heavy atom. The molecule has 0 unspecified atom stereocenters. The Balaban J connectivity index is 1.92. The van der Waals surface area contributed by atoms with Gasteiger partial charge in [0.2, 0.25) is 0 Å². The minimum absolute atomic E-state index is 0.154. The predicted octanol–water partition coefficient (Wildman–Crippen LogP) is 5.74. The number of carbonyl (C=O) groups excluding carboxylic acids is 1. The van der Waals surface area contributed by atoms with Gasteiger partial charge in [-0.3, -0.25) is 9.59 Å². The Hall–Kier alpha value is -3.92. The lowest BCUT2D eigenvalue weighted by molar-refractivity contribution is 0.102. The molecule has 0 aliphatic heterocycles. The summed E-state index contributed by atoms with van der Waals surface area (Å²) >= 11 is 0. The van der Waals surface area contributed by atoms with Gasteiger partial charge in [0.05, 0.1) is 5.69 Å².